The Labute approximate surface area is 234 Å². The molecular formula is C27H25Cl2N9O. The molecule has 0 saturated carbocycles. The second-order valence-electron chi connectivity index (χ2n) is 9.48. The van der Waals surface area contributed by atoms with Crippen LogP contribution in [-0.2, 0) is 7.05 Å². The molecule has 198 valence electrons. The van der Waals surface area contributed by atoms with Crippen molar-refractivity contribution in [3.05, 3.63) is 81.6 Å². The molecule has 0 radical (unpaired) electrons. The maximum atomic E-state index is 13.5. The Bertz CT molecular complexity index is 1700. The summed E-state index contributed by atoms with van der Waals surface area (Å²) in [5.74, 6) is 0.335. The zero-order valence-electron chi connectivity index (χ0n) is 21.3. The quantitative estimate of drug-likeness (QED) is 0.337. The average molecular weight is 562 g/mol. The molecule has 2 aromatic carbocycles. The van der Waals surface area contributed by atoms with Crippen molar-refractivity contribution in [3.63, 3.8) is 0 Å². The van der Waals surface area contributed by atoms with Crippen molar-refractivity contribution < 1.29 is 0 Å². The first-order valence-corrected chi connectivity index (χ1v) is 13.2. The second-order valence-corrected chi connectivity index (χ2v) is 10.3. The third kappa shape index (κ3) is 4.94. The number of rotatable bonds is 5. The van der Waals surface area contributed by atoms with Crippen molar-refractivity contribution in [2.24, 2.45) is 7.05 Å². The van der Waals surface area contributed by atoms with Crippen LogP contribution in [0.4, 0.5) is 17.3 Å². The van der Waals surface area contributed by atoms with Crippen LogP contribution in [0.5, 0.6) is 0 Å². The number of hydrogen-bond donors (Lipinski definition) is 1. The molecule has 0 amide bonds. The number of nitrogens with zero attached hydrogens (tertiary/aromatic N) is 8. The number of aromatic nitrogens is 6. The molecule has 5 aromatic rings. The number of nitrogens with one attached hydrogen (secondary N) is 1. The summed E-state index contributed by atoms with van der Waals surface area (Å²) < 4.78 is 2.98. The minimum atomic E-state index is -0.442. The summed E-state index contributed by atoms with van der Waals surface area (Å²) in [4.78, 5) is 31.8. The molecule has 1 N–H and O–H groups in total. The van der Waals surface area contributed by atoms with Crippen molar-refractivity contribution in [2.75, 3.05) is 43.4 Å². The van der Waals surface area contributed by atoms with Gasteiger partial charge >= 0.3 is 0 Å². The van der Waals surface area contributed by atoms with E-state index in [9.17, 15) is 4.79 Å². The van der Waals surface area contributed by atoms with Crippen LogP contribution in [0.15, 0.2) is 66.0 Å². The van der Waals surface area contributed by atoms with Crippen LogP contribution in [-0.4, -0.2) is 67.4 Å². The van der Waals surface area contributed by atoms with Gasteiger partial charge in [-0.15, -0.1) is 0 Å². The van der Waals surface area contributed by atoms with Crippen LogP contribution in [0.3, 0.4) is 0 Å². The van der Waals surface area contributed by atoms with Crippen molar-refractivity contribution in [2.45, 2.75) is 0 Å². The van der Waals surface area contributed by atoms with Gasteiger partial charge in [0.15, 0.2) is 0 Å². The van der Waals surface area contributed by atoms with Crippen molar-refractivity contribution in [3.8, 4) is 17.1 Å². The third-order valence-electron chi connectivity index (χ3n) is 6.72. The number of anilines is 3. The molecule has 0 spiro atoms. The number of halogens is 2. The molecule has 1 saturated heterocycles. The highest BCUT2D eigenvalue weighted by atomic mass is 35.5. The lowest BCUT2D eigenvalue weighted by atomic mass is 10.2. The number of fused-ring (bicyclic) bond motifs is 1. The fourth-order valence-corrected chi connectivity index (χ4v) is 5.14. The lowest BCUT2D eigenvalue weighted by Crippen LogP contribution is -2.44. The third-order valence-corrected chi connectivity index (χ3v) is 7.33. The molecule has 0 atom stereocenters. The monoisotopic (exact) mass is 561 g/mol. The smallest absolute Gasteiger partial charge is 0.282 e. The van der Waals surface area contributed by atoms with E-state index in [0.29, 0.717) is 32.9 Å². The number of para-hydroxylation sites is 1. The maximum absolute atomic E-state index is 13.5. The normalized spacial score (nSPS) is 14.2. The van der Waals surface area contributed by atoms with Gasteiger partial charge < -0.3 is 19.7 Å². The molecule has 1 aliphatic rings. The van der Waals surface area contributed by atoms with Gasteiger partial charge in [0.2, 0.25) is 5.95 Å². The predicted molar refractivity (Wildman–Crippen MR) is 155 cm³/mol. The molecule has 39 heavy (non-hydrogen) atoms. The van der Waals surface area contributed by atoms with E-state index in [1.54, 1.807) is 35.3 Å². The van der Waals surface area contributed by atoms with Crippen molar-refractivity contribution >= 4 is 51.4 Å². The molecule has 0 aliphatic carbocycles. The zero-order valence-corrected chi connectivity index (χ0v) is 22.9. The lowest BCUT2D eigenvalue weighted by molar-refractivity contribution is 0.313. The van der Waals surface area contributed by atoms with Gasteiger partial charge in [-0.3, -0.25) is 4.79 Å². The van der Waals surface area contributed by atoms with Gasteiger partial charge in [-0.05, 0) is 43.4 Å². The molecule has 10 nitrogen and oxygen atoms in total. The topological polar surface area (TPSA) is 97.0 Å². The first kappa shape index (κ1) is 25.3. The standard InChI is InChI=1S/C27H25Cl2N9O/c1-35-10-12-37(13-11-35)18-8-6-17(7-9-18)32-27-30-14-19-23(33-27)24(22-15-36(2)16-31-22)34-38(26(19)39)25-20(28)4-3-5-21(25)29/h3-9,14-16H,10-13H2,1-2H3,(H,30,32,33). The highest BCUT2D eigenvalue weighted by molar-refractivity contribution is 6.37. The van der Waals surface area contributed by atoms with Gasteiger partial charge in [0, 0.05) is 57.0 Å². The number of benzene rings is 2. The SMILES string of the molecule is CN1CCN(c2ccc(Nc3ncc4c(=O)n(-c5c(Cl)cccc5Cl)nc(-c5cn(C)cn5)c4n3)cc2)CC1. The summed E-state index contributed by atoms with van der Waals surface area (Å²) in [6.07, 6.45) is 4.95. The highest BCUT2D eigenvalue weighted by Crippen LogP contribution is 2.30. The number of imidazole rings is 1. The Balaban J connectivity index is 1.40. The lowest BCUT2D eigenvalue weighted by Gasteiger charge is -2.34. The number of likely N-dealkylation sites (N-methyl/N-ethyl adjacent to an activating group) is 1. The van der Waals surface area contributed by atoms with Crippen LogP contribution in [0.1, 0.15) is 0 Å². The Hall–Kier alpha value is -3.99. The fraction of sp³-hybridized carbons (Fsp3) is 0.222. The predicted octanol–water partition coefficient (Wildman–Crippen LogP) is 4.38. The number of aryl methyl sites for hydroxylation is 1. The van der Waals surface area contributed by atoms with E-state index in [0.717, 1.165) is 31.9 Å². The van der Waals surface area contributed by atoms with Crippen molar-refractivity contribution in [1.29, 1.82) is 0 Å². The minimum Gasteiger partial charge on any atom is -0.369 e. The molecule has 1 aliphatic heterocycles. The molecule has 0 unspecified atom stereocenters. The fourth-order valence-electron chi connectivity index (χ4n) is 4.59. The summed E-state index contributed by atoms with van der Waals surface area (Å²) in [6.45, 7) is 4.08. The molecule has 1 fully saturated rings. The van der Waals surface area contributed by atoms with Gasteiger partial charge in [0.1, 0.15) is 22.6 Å². The van der Waals surface area contributed by atoms with E-state index in [4.69, 9.17) is 23.2 Å². The van der Waals surface area contributed by atoms with Crippen LogP contribution in [0.2, 0.25) is 10.0 Å². The Kier molecular flexibility index (Phi) is 6.68. The van der Waals surface area contributed by atoms with Crippen LogP contribution in [0.25, 0.3) is 28.0 Å². The summed E-state index contributed by atoms with van der Waals surface area (Å²) in [7, 11) is 4.00. The van der Waals surface area contributed by atoms with E-state index in [1.165, 1.54) is 16.6 Å². The Morgan fingerprint density at radius 3 is 2.31 bits per heavy atom. The van der Waals surface area contributed by atoms with Crippen LogP contribution in [0, 0.1) is 0 Å². The maximum Gasteiger partial charge on any atom is 0.282 e. The zero-order chi connectivity index (χ0) is 27.1. The largest absolute Gasteiger partial charge is 0.369 e. The van der Waals surface area contributed by atoms with Gasteiger partial charge in [0.25, 0.3) is 5.56 Å². The average Bonchev–Trinajstić information content (AvgIpc) is 3.36. The summed E-state index contributed by atoms with van der Waals surface area (Å²) in [5.41, 5.74) is 3.15. The Morgan fingerprint density at radius 2 is 1.64 bits per heavy atom. The van der Waals surface area contributed by atoms with Gasteiger partial charge in [-0.1, -0.05) is 29.3 Å². The van der Waals surface area contributed by atoms with E-state index in [1.807, 2.05) is 19.2 Å². The van der Waals surface area contributed by atoms with Crippen molar-refractivity contribution in [1.82, 2.24) is 34.2 Å². The first-order valence-electron chi connectivity index (χ1n) is 12.4. The van der Waals surface area contributed by atoms with Crippen LogP contribution < -0.4 is 15.8 Å². The number of hydrogen-bond acceptors (Lipinski definition) is 8. The first-order chi connectivity index (χ1) is 18.9. The van der Waals surface area contributed by atoms with Crippen LogP contribution >= 0.6 is 23.2 Å². The number of piperazine rings is 1. The highest BCUT2D eigenvalue weighted by Gasteiger charge is 2.20. The van der Waals surface area contributed by atoms with E-state index >= 15 is 0 Å². The minimum absolute atomic E-state index is 0.262. The van der Waals surface area contributed by atoms with Gasteiger partial charge in [-0.2, -0.15) is 9.78 Å². The Morgan fingerprint density at radius 1 is 0.923 bits per heavy atom. The molecule has 6 rings (SSSR count). The molecule has 12 heteroatoms. The molecular weight excluding hydrogens is 537 g/mol. The van der Waals surface area contributed by atoms with E-state index in [2.05, 4.69) is 54.3 Å². The second kappa shape index (κ2) is 10.3. The molecule has 4 heterocycles. The summed E-state index contributed by atoms with van der Waals surface area (Å²) >= 11 is 12.8. The van der Waals surface area contributed by atoms with E-state index < -0.39 is 5.56 Å². The molecule has 3 aromatic heterocycles. The van der Waals surface area contributed by atoms with Gasteiger partial charge in [-0.25, -0.2) is 15.0 Å². The molecule has 0 bridgehead atoms. The van der Waals surface area contributed by atoms with Gasteiger partial charge in [0.05, 0.1) is 21.8 Å². The van der Waals surface area contributed by atoms with E-state index in [-0.39, 0.29) is 11.1 Å². The summed E-state index contributed by atoms with van der Waals surface area (Å²) in [6, 6.07) is 13.2. The summed E-state index contributed by atoms with van der Waals surface area (Å²) in [5, 5.41) is 8.72.